The Balaban J connectivity index is 1.77. The van der Waals surface area contributed by atoms with Gasteiger partial charge in [-0.15, -0.1) is 0 Å². The predicted octanol–water partition coefficient (Wildman–Crippen LogP) is 3.54. The second kappa shape index (κ2) is 6.56. The van der Waals surface area contributed by atoms with Crippen LogP contribution in [0, 0.1) is 6.92 Å². The summed E-state index contributed by atoms with van der Waals surface area (Å²) in [6.45, 7) is 2.24. The molecule has 0 aliphatic rings. The quantitative estimate of drug-likeness (QED) is 0.511. The highest BCUT2D eigenvalue weighted by Crippen LogP contribution is 2.27. The molecule has 0 amide bonds. The number of aryl methyl sites for hydroxylation is 1. The number of nitrogen functional groups attached to an aromatic ring is 1. The molecule has 29 heavy (non-hydrogen) atoms. The van der Waals surface area contributed by atoms with Crippen LogP contribution in [-0.4, -0.2) is 19.5 Å². The maximum absolute atomic E-state index is 13.4. The third-order valence-electron chi connectivity index (χ3n) is 4.92. The number of hydrogen-bond acceptors (Lipinski definition) is 6. The Morgan fingerprint density at radius 2 is 1.90 bits per heavy atom. The first-order valence-electron chi connectivity index (χ1n) is 9.15. The average Bonchev–Trinajstić information content (AvgIpc) is 3.14. The maximum Gasteiger partial charge on any atom is 0.200 e. The summed E-state index contributed by atoms with van der Waals surface area (Å²) in [5.41, 5.74) is 9.84. The fraction of sp³-hybridized carbons (Fsp3) is 0.0909. The lowest BCUT2D eigenvalue weighted by Crippen LogP contribution is -2.12. The molecule has 2 N–H and O–H groups in total. The molecular formula is C22H17N5O2. The van der Waals surface area contributed by atoms with E-state index in [4.69, 9.17) is 10.2 Å². The van der Waals surface area contributed by atoms with Crippen LogP contribution in [0.5, 0.6) is 0 Å². The van der Waals surface area contributed by atoms with E-state index in [9.17, 15) is 4.79 Å². The van der Waals surface area contributed by atoms with E-state index in [1.165, 1.54) is 6.33 Å². The monoisotopic (exact) mass is 383 g/mol. The highest BCUT2D eigenvalue weighted by atomic mass is 16.3. The fourth-order valence-corrected chi connectivity index (χ4v) is 3.53. The van der Waals surface area contributed by atoms with Gasteiger partial charge in [-0.3, -0.25) is 4.79 Å². The number of aromatic nitrogens is 4. The lowest BCUT2D eigenvalue weighted by Gasteiger charge is -2.11. The molecule has 7 nitrogen and oxygen atoms in total. The van der Waals surface area contributed by atoms with Crippen molar-refractivity contribution in [3.05, 3.63) is 82.7 Å². The summed E-state index contributed by atoms with van der Waals surface area (Å²) in [7, 11) is 0. The largest absolute Gasteiger partial charge is 0.458 e. The standard InChI is InChI=1S/C22H17N5O2/c1-13-7-8-16-15(9-13)20(28)18(14-5-3-2-4-6-14)17(29-16)10-27-12-26-19-21(23)24-11-25-22(19)27/h2-9,11-12H,10H2,1H3,(H2,23,24,25). The van der Waals surface area contributed by atoms with Crippen LogP contribution >= 0.6 is 0 Å². The third-order valence-corrected chi connectivity index (χ3v) is 4.92. The van der Waals surface area contributed by atoms with Gasteiger partial charge in [-0.25, -0.2) is 15.0 Å². The van der Waals surface area contributed by atoms with E-state index in [0.29, 0.717) is 39.3 Å². The van der Waals surface area contributed by atoms with Crippen molar-refractivity contribution in [2.24, 2.45) is 0 Å². The molecule has 0 saturated heterocycles. The minimum absolute atomic E-state index is 0.0605. The van der Waals surface area contributed by atoms with E-state index in [0.717, 1.165) is 11.1 Å². The minimum Gasteiger partial charge on any atom is -0.458 e. The Hall–Kier alpha value is -4.00. The number of benzene rings is 2. The van der Waals surface area contributed by atoms with Crippen LogP contribution in [0.25, 0.3) is 33.3 Å². The smallest absolute Gasteiger partial charge is 0.200 e. The zero-order valence-electron chi connectivity index (χ0n) is 15.7. The van der Waals surface area contributed by atoms with Crippen LogP contribution in [-0.2, 0) is 6.54 Å². The molecule has 3 heterocycles. The number of imidazole rings is 1. The van der Waals surface area contributed by atoms with Gasteiger partial charge in [-0.2, -0.15) is 0 Å². The fourth-order valence-electron chi connectivity index (χ4n) is 3.53. The molecule has 0 atom stereocenters. The molecule has 0 saturated carbocycles. The van der Waals surface area contributed by atoms with Gasteiger partial charge in [0.2, 0.25) is 5.43 Å². The number of anilines is 1. The zero-order valence-corrected chi connectivity index (χ0v) is 15.7. The van der Waals surface area contributed by atoms with Gasteiger partial charge in [0.25, 0.3) is 0 Å². The molecule has 7 heteroatoms. The molecule has 0 unspecified atom stereocenters. The SMILES string of the molecule is Cc1ccc2oc(Cn3cnc4c(N)ncnc43)c(-c3ccccc3)c(=O)c2c1. The highest BCUT2D eigenvalue weighted by molar-refractivity contribution is 5.84. The Bertz CT molecular complexity index is 1420. The molecule has 2 aromatic carbocycles. The molecule has 0 aliphatic heterocycles. The lowest BCUT2D eigenvalue weighted by atomic mass is 10.0. The zero-order chi connectivity index (χ0) is 20.0. The maximum atomic E-state index is 13.4. The third kappa shape index (κ3) is 2.84. The average molecular weight is 383 g/mol. The van der Waals surface area contributed by atoms with Crippen molar-refractivity contribution in [3.8, 4) is 11.1 Å². The molecule has 5 rings (SSSR count). The first kappa shape index (κ1) is 17.1. The number of nitrogens with zero attached hydrogens (tertiary/aromatic N) is 4. The van der Waals surface area contributed by atoms with Gasteiger partial charge in [0.1, 0.15) is 23.2 Å². The first-order valence-corrected chi connectivity index (χ1v) is 9.15. The number of nitrogens with two attached hydrogens (primary N) is 1. The van der Waals surface area contributed by atoms with Gasteiger partial charge in [0.15, 0.2) is 11.5 Å². The molecule has 0 bridgehead atoms. The summed E-state index contributed by atoms with van der Waals surface area (Å²) in [5, 5.41) is 0.565. The Labute approximate surface area is 165 Å². The van der Waals surface area contributed by atoms with Crippen LogP contribution in [0.1, 0.15) is 11.3 Å². The van der Waals surface area contributed by atoms with E-state index in [-0.39, 0.29) is 12.0 Å². The Morgan fingerprint density at radius 3 is 2.72 bits per heavy atom. The molecule has 0 fully saturated rings. The highest BCUT2D eigenvalue weighted by Gasteiger charge is 2.18. The summed E-state index contributed by atoms with van der Waals surface area (Å²) in [4.78, 5) is 26.0. The summed E-state index contributed by atoms with van der Waals surface area (Å²) in [5.74, 6) is 0.849. The van der Waals surface area contributed by atoms with Crippen LogP contribution in [0.4, 0.5) is 5.82 Å². The Morgan fingerprint density at radius 1 is 1.07 bits per heavy atom. The molecule has 5 aromatic rings. The van der Waals surface area contributed by atoms with Crippen LogP contribution < -0.4 is 11.2 Å². The van der Waals surface area contributed by atoms with Gasteiger partial charge in [-0.1, -0.05) is 42.0 Å². The van der Waals surface area contributed by atoms with Crippen molar-refractivity contribution in [1.82, 2.24) is 19.5 Å². The molecule has 3 aromatic heterocycles. The molecule has 0 radical (unpaired) electrons. The topological polar surface area (TPSA) is 99.8 Å². The van der Waals surface area contributed by atoms with Crippen LogP contribution in [0.15, 0.2) is 70.4 Å². The second-order valence-corrected chi connectivity index (χ2v) is 6.90. The summed E-state index contributed by atoms with van der Waals surface area (Å²) in [6, 6.07) is 15.2. The molecule has 0 spiro atoms. The van der Waals surface area contributed by atoms with Crippen molar-refractivity contribution in [3.63, 3.8) is 0 Å². The van der Waals surface area contributed by atoms with Crippen LogP contribution in [0.2, 0.25) is 0 Å². The number of hydrogen-bond donors (Lipinski definition) is 1. The van der Waals surface area contributed by atoms with E-state index >= 15 is 0 Å². The van der Waals surface area contributed by atoms with Crippen molar-refractivity contribution < 1.29 is 4.42 Å². The molecular weight excluding hydrogens is 366 g/mol. The van der Waals surface area contributed by atoms with E-state index < -0.39 is 0 Å². The van der Waals surface area contributed by atoms with Gasteiger partial charge in [0.05, 0.1) is 23.8 Å². The van der Waals surface area contributed by atoms with Gasteiger partial charge >= 0.3 is 0 Å². The summed E-state index contributed by atoms with van der Waals surface area (Å²) >= 11 is 0. The second-order valence-electron chi connectivity index (χ2n) is 6.90. The van der Waals surface area contributed by atoms with Gasteiger partial charge in [-0.05, 0) is 24.6 Å². The van der Waals surface area contributed by atoms with E-state index in [2.05, 4.69) is 15.0 Å². The predicted molar refractivity (Wildman–Crippen MR) is 111 cm³/mol. The molecule has 0 aliphatic carbocycles. The first-order chi connectivity index (χ1) is 14.1. The number of fused-ring (bicyclic) bond motifs is 2. The lowest BCUT2D eigenvalue weighted by molar-refractivity contribution is 0.521. The van der Waals surface area contributed by atoms with Crippen molar-refractivity contribution in [2.45, 2.75) is 13.5 Å². The minimum atomic E-state index is -0.0605. The van der Waals surface area contributed by atoms with E-state index in [1.54, 1.807) is 10.9 Å². The number of rotatable bonds is 3. The summed E-state index contributed by atoms with van der Waals surface area (Å²) < 4.78 is 8.02. The van der Waals surface area contributed by atoms with Gasteiger partial charge < -0.3 is 14.7 Å². The van der Waals surface area contributed by atoms with Crippen molar-refractivity contribution in [1.29, 1.82) is 0 Å². The van der Waals surface area contributed by atoms with Crippen molar-refractivity contribution >= 4 is 28.0 Å². The van der Waals surface area contributed by atoms with Crippen LogP contribution in [0.3, 0.4) is 0 Å². The normalized spacial score (nSPS) is 11.3. The molecule has 142 valence electrons. The Kier molecular flexibility index (Phi) is 3.87. The summed E-state index contributed by atoms with van der Waals surface area (Å²) in [6.07, 6.45) is 3.02. The van der Waals surface area contributed by atoms with Crippen molar-refractivity contribution in [2.75, 3.05) is 5.73 Å². The van der Waals surface area contributed by atoms with Gasteiger partial charge in [0, 0.05) is 0 Å². The van der Waals surface area contributed by atoms with E-state index in [1.807, 2.05) is 55.5 Å².